The summed E-state index contributed by atoms with van der Waals surface area (Å²) in [6.45, 7) is 7.18. The van der Waals surface area contributed by atoms with E-state index in [1.54, 1.807) is 28.9 Å². The molecule has 0 atom stereocenters. The lowest BCUT2D eigenvalue weighted by molar-refractivity contribution is -0.131. The largest absolute Gasteiger partial charge is 0.331 e. The van der Waals surface area contributed by atoms with Gasteiger partial charge in [-0.15, -0.1) is 22.7 Å². The second-order valence-corrected chi connectivity index (χ2v) is 8.30. The van der Waals surface area contributed by atoms with Crippen molar-refractivity contribution in [3.63, 3.8) is 0 Å². The van der Waals surface area contributed by atoms with Crippen molar-refractivity contribution in [1.29, 1.82) is 0 Å². The monoisotopic (exact) mass is 371 g/mol. The number of carbonyl (C=O) groups excluding carboxylic acids is 1. The number of thiazole rings is 1. The van der Waals surface area contributed by atoms with E-state index in [4.69, 9.17) is 0 Å². The summed E-state index contributed by atoms with van der Waals surface area (Å²) < 4.78 is 0. The lowest BCUT2D eigenvalue weighted by Gasteiger charge is -2.22. The SMILES string of the molecule is Cc1nc(C)c(CC(=O)N(Cc2ccccn2)Cc2sccc2C)s1. The molecule has 0 saturated heterocycles. The van der Waals surface area contributed by atoms with Crippen LogP contribution < -0.4 is 0 Å². The summed E-state index contributed by atoms with van der Waals surface area (Å²) in [6, 6.07) is 7.91. The molecule has 1 amide bonds. The molecular formula is C19H21N3OS2. The van der Waals surface area contributed by atoms with Crippen LogP contribution in [-0.2, 0) is 24.3 Å². The van der Waals surface area contributed by atoms with Gasteiger partial charge in [-0.1, -0.05) is 6.07 Å². The molecule has 0 N–H and O–H groups in total. The van der Waals surface area contributed by atoms with E-state index in [9.17, 15) is 4.79 Å². The van der Waals surface area contributed by atoms with Crippen molar-refractivity contribution in [2.75, 3.05) is 0 Å². The van der Waals surface area contributed by atoms with Crippen LogP contribution in [0.25, 0.3) is 0 Å². The van der Waals surface area contributed by atoms with Gasteiger partial charge in [0.1, 0.15) is 0 Å². The molecule has 0 aliphatic carbocycles. The third-order valence-corrected chi connectivity index (χ3v) is 6.13. The number of pyridine rings is 1. The van der Waals surface area contributed by atoms with Gasteiger partial charge in [0.25, 0.3) is 0 Å². The van der Waals surface area contributed by atoms with Crippen molar-refractivity contribution < 1.29 is 4.79 Å². The van der Waals surface area contributed by atoms with E-state index in [1.807, 2.05) is 36.9 Å². The Balaban J connectivity index is 1.80. The zero-order valence-corrected chi connectivity index (χ0v) is 16.3. The minimum atomic E-state index is 0.116. The number of aromatic nitrogens is 2. The summed E-state index contributed by atoms with van der Waals surface area (Å²) in [4.78, 5) is 26.0. The molecule has 3 aromatic rings. The maximum atomic E-state index is 13.0. The summed E-state index contributed by atoms with van der Waals surface area (Å²) in [5.74, 6) is 0.116. The first kappa shape index (κ1) is 17.8. The second kappa shape index (κ2) is 7.89. The van der Waals surface area contributed by atoms with Gasteiger partial charge in [0.2, 0.25) is 5.91 Å². The normalized spacial score (nSPS) is 10.8. The number of thiophene rings is 1. The topological polar surface area (TPSA) is 46.1 Å². The van der Waals surface area contributed by atoms with Crippen molar-refractivity contribution in [2.24, 2.45) is 0 Å². The molecule has 3 heterocycles. The first-order valence-electron chi connectivity index (χ1n) is 8.16. The molecule has 6 heteroatoms. The molecule has 0 aliphatic rings. The average Bonchev–Trinajstić information content (AvgIpc) is 3.13. The second-order valence-electron chi connectivity index (χ2n) is 6.02. The standard InChI is InChI=1S/C19H21N3OS2/c1-13-7-9-24-18(13)12-22(11-16-6-4-5-8-20-16)19(23)10-17-14(2)21-15(3)25-17/h4-9H,10-12H2,1-3H3. The lowest BCUT2D eigenvalue weighted by atomic mass is 10.2. The Morgan fingerprint density at radius 1 is 1.12 bits per heavy atom. The Bertz CT molecular complexity index is 855. The van der Waals surface area contributed by atoms with Crippen LogP contribution in [0.4, 0.5) is 0 Å². The van der Waals surface area contributed by atoms with Gasteiger partial charge < -0.3 is 4.90 Å². The summed E-state index contributed by atoms with van der Waals surface area (Å²) in [5.41, 5.74) is 3.09. The van der Waals surface area contributed by atoms with Gasteiger partial charge in [-0.2, -0.15) is 0 Å². The highest BCUT2D eigenvalue weighted by Gasteiger charge is 2.19. The molecule has 25 heavy (non-hydrogen) atoms. The summed E-state index contributed by atoms with van der Waals surface area (Å²) in [7, 11) is 0. The number of nitrogens with zero attached hydrogens (tertiary/aromatic N) is 3. The van der Waals surface area contributed by atoms with Gasteiger partial charge in [-0.3, -0.25) is 9.78 Å². The van der Waals surface area contributed by atoms with Gasteiger partial charge in [-0.05, 0) is 49.9 Å². The van der Waals surface area contributed by atoms with E-state index in [2.05, 4.69) is 28.3 Å². The van der Waals surface area contributed by atoms with E-state index in [1.165, 1.54) is 10.4 Å². The summed E-state index contributed by atoms with van der Waals surface area (Å²) in [6.07, 6.45) is 2.17. The highest BCUT2D eigenvalue weighted by atomic mass is 32.1. The van der Waals surface area contributed by atoms with Gasteiger partial charge in [0, 0.05) is 16.0 Å². The van der Waals surface area contributed by atoms with Crippen LogP contribution in [-0.4, -0.2) is 20.8 Å². The Morgan fingerprint density at radius 2 is 1.96 bits per heavy atom. The Kier molecular flexibility index (Phi) is 5.60. The Morgan fingerprint density at radius 3 is 2.56 bits per heavy atom. The molecule has 0 radical (unpaired) electrons. The van der Waals surface area contributed by atoms with E-state index in [0.717, 1.165) is 21.3 Å². The fraction of sp³-hybridized carbons (Fsp3) is 0.316. The van der Waals surface area contributed by atoms with Crippen LogP contribution in [0.2, 0.25) is 0 Å². The van der Waals surface area contributed by atoms with Crippen LogP contribution in [0.15, 0.2) is 35.8 Å². The fourth-order valence-corrected chi connectivity index (χ4v) is 4.49. The van der Waals surface area contributed by atoms with Crippen LogP contribution >= 0.6 is 22.7 Å². The molecule has 0 spiro atoms. The van der Waals surface area contributed by atoms with Crippen molar-refractivity contribution in [3.8, 4) is 0 Å². The minimum Gasteiger partial charge on any atom is -0.331 e. The van der Waals surface area contributed by atoms with Crippen LogP contribution in [0.1, 0.15) is 31.7 Å². The van der Waals surface area contributed by atoms with Crippen molar-refractivity contribution in [2.45, 2.75) is 40.3 Å². The highest BCUT2D eigenvalue weighted by molar-refractivity contribution is 7.11. The number of rotatable bonds is 6. The van der Waals surface area contributed by atoms with E-state index in [-0.39, 0.29) is 5.91 Å². The predicted octanol–water partition coefficient (Wildman–Crippen LogP) is 4.30. The van der Waals surface area contributed by atoms with Crippen molar-refractivity contribution in [3.05, 3.63) is 67.6 Å². The van der Waals surface area contributed by atoms with Crippen LogP contribution in [0, 0.1) is 20.8 Å². The molecule has 3 aromatic heterocycles. The number of carbonyl (C=O) groups is 1. The minimum absolute atomic E-state index is 0.116. The highest BCUT2D eigenvalue weighted by Crippen LogP contribution is 2.22. The van der Waals surface area contributed by atoms with Crippen molar-refractivity contribution >= 4 is 28.6 Å². The van der Waals surface area contributed by atoms with E-state index >= 15 is 0 Å². The first-order chi connectivity index (χ1) is 12.0. The first-order valence-corrected chi connectivity index (χ1v) is 9.86. The number of aryl methyl sites for hydroxylation is 3. The predicted molar refractivity (Wildman–Crippen MR) is 103 cm³/mol. The summed E-state index contributed by atoms with van der Waals surface area (Å²) >= 11 is 3.30. The smallest absolute Gasteiger partial charge is 0.228 e. The fourth-order valence-electron chi connectivity index (χ4n) is 2.65. The number of hydrogen-bond acceptors (Lipinski definition) is 5. The van der Waals surface area contributed by atoms with Gasteiger partial charge in [-0.25, -0.2) is 4.98 Å². The number of amides is 1. The third-order valence-electron chi connectivity index (χ3n) is 4.05. The Labute approximate surface area is 156 Å². The zero-order valence-electron chi connectivity index (χ0n) is 14.7. The molecule has 0 bridgehead atoms. The van der Waals surface area contributed by atoms with E-state index in [0.29, 0.717) is 19.5 Å². The maximum absolute atomic E-state index is 13.0. The molecule has 0 aromatic carbocycles. The molecule has 0 fully saturated rings. The van der Waals surface area contributed by atoms with Crippen LogP contribution in [0.5, 0.6) is 0 Å². The third kappa shape index (κ3) is 4.52. The Hall–Kier alpha value is -2.05. The molecule has 4 nitrogen and oxygen atoms in total. The van der Waals surface area contributed by atoms with E-state index < -0.39 is 0 Å². The zero-order chi connectivity index (χ0) is 17.8. The quantitative estimate of drug-likeness (QED) is 0.649. The molecule has 130 valence electrons. The lowest BCUT2D eigenvalue weighted by Crippen LogP contribution is -2.31. The number of hydrogen-bond donors (Lipinski definition) is 0. The van der Waals surface area contributed by atoms with Crippen LogP contribution in [0.3, 0.4) is 0 Å². The summed E-state index contributed by atoms with van der Waals surface area (Å²) in [5, 5.41) is 3.08. The molecule has 0 aliphatic heterocycles. The molecular weight excluding hydrogens is 350 g/mol. The van der Waals surface area contributed by atoms with Gasteiger partial charge in [0.15, 0.2) is 0 Å². The van der Waals surface area contributed by atoms with Gasteiger partial charge >= 0.3 is 0 Å². The molecule has 0 unspecified atom stereocenters. The van der Waals surface area contributed by atoms with Crippen molar-refractivity contribution in [1.82, 2.24) is 14.9 Å². The van der Waals surface area contributed by atoms with Gasteiger partial charge in [0.05, 0.1) is 35.9 Å². The molecule has 3 rings (SSSR count). The maximum Gasteiger partial charge on any atom is 0.228 e. The molecule has 0 saturated carbocycles. The average molecular weight is 372 g/mol.